The number of anilines is 2. The van der Waals surface area contributed by atoms with Gasteiger partial charge < -0.3 is 15.3 Å². The summed E-state index contributed by atoms with van der Waals surface area (Å²) in [6.45, 7) is -0.243. The molecular formula is C18H15NO6. The molecule has 2 aromatic rings. The number of rotatable bonds is 5. The van der Waals surface area contributed by atoms with Gasteiger partial charge in [0, 0.05) is 0 Å². The summed E-state index contributed by atoms with van der Waals surface area (Å²) in [6.07, 6.45) is 2.94. The van der Waals surface area contributed by atoms with E-state index in [1.54, 1.807) is 18.2 Å². The molecule has 7 nitrogen and oxygen atoms in total. The molecule has 7 heteroatoms. The number of benzene rings is 2. The van der Waals surface area contributed by atoms with Gasteiger partial charge in [0.2, 0.25) is 0 Å². The largest absolute Gasteiger partial charge is 0.478 e. The Balaban J connectivity index is 2.73. The standard InChI is InChI=1S/C18H15NO6/c20-11-5-7-12-6-1-3-9-14(12)19(16(21)18(24)25)15-10-4-2-8-13(15)17(22)23/h1-10,20H,11H2,(H,22,23)(H,24,25)/b7-5+. The number of aromatic carboxylic acids is 1. The number of carbonyl (C=O) groups is 3. The molecule has 0 saturated carbocycles. The minimum atomic E-state index is -1.72. The average Bonchev–Trinajstić information content (AvgIpc) is 2.61. The van der Waals surface area contributed by atoms with Crippen LogP contribution in [0.3, 0.4) is 0 Å². The zero-order chi connectivity index (χ0) is 18.4. The van der Waals surface area contributed by atoms with Crippen LogP contribution in [0.1, 0.15) is 15.9 Å². The zero-order valence-electron chi connectivity index (χ0n) is 13.0. The minimum absolute atomic E-state index is 0.0627. The van der Waals surface area contributed by atoms with Crippen molar-refractivity contribution in [2.45, 2.75) is 0 Å². The number of carbonyl (C=O) groups excluding carboxylic acids is 1. The molecule has 0 aromatic heterocycles. The predicted octanol–water partition coefficient (Wildman–Crippen LogP) is 2.14. The maximum atomic E-state index is 12.3. The van der Waals surface area contributed by atoms with Gasteiger partial charge in [-0.15, -0.1) is 0 Å². The molecule has 0 saturated heterocycles. The quantitative estimate of drug-likeness (QED) is 0.718. The molecule has 0 spiro atoms. The van der Waals surface area contributed by atoms with Gasteiger partial charge in [-0.25, -0.2) is 9.59 Å². The summed E-state index contributed by atoms with van der Waals surface area (Å²) in [5.41, 5.74) is 0.366. The number of aliphatic hydroxyl groups excluding tert-OH is 1. The van der Waals surface area contributed by atoms with Crippen LogP contribution in [0.15, 0.2) is 54.6 Å². The van der Waals surface area contributed by atoms with Gasteiger partial charge in [-0.3, -0.25) is 9.69 Å². The fourth-order valence-electron chi connectivity index (χ4n) is 2.31. The second-order valence-electron chi connectivity index (χ2n) is 4.91. The van der Waals surface area contributed by atoms with Gasteiger partial charge in [0.1, 0.15) is 0 Å². The molecule has 0 aliphatic carbocycles. The van der Waals surface area contributed by atoms with Crippen molar-refractivity contribution in [1.29, 1.82) is 0 Å². The van der Waals surface area contributed by atoms with Crippen LogP contribution >= 0.6 is 0 Å². The van der Waals surface area contributed by atoms with E-state index in [-0.39, 0.29) is 23.5 Å². The summed E-state index contributed by atoms with van der Waals surface area (Å²) in [4.78, 5) is 35.9. The molecule has 2 aromatic carbocycles. The SMILES string of the molecule is O=C(O)C(=O)N(c1ccccc1/C=C/CO)c1ccccc1C(=O)O. The van der Waals surface area contributed by atoms with Crippen LogP contribution in [-0.2, 0) is 9.59 Å². The number of hydrogen-bond donors (Lipinski definition) is 3. The van der Waals surface area contributed by atoms with E-state index in [0.717, 1.165) is 4.90 Å². The lowest BCUT2D eigenvalue weighted by Crippen LogP contribution is -2.34. The van der Waals surface area contributed by atoms with Gasteiger partial charge in [0.25, 0.3) is 0 Å². The Hall–Kier alpha value is -3.45. The van der Waals surface area contributed by atoms with Gasteiger partial charge in [0.05, 0.1) is 23.5 Å². The number of carboxylic acid groups (broad SMARTS) is 2. The normalized spacial score (nSPS) is 10.6. The topological polar surface area (TPSA) is 115 Å². The average molecular weight is 341 g/mol. The van der Waals surface area contributed by atoms with Crippen LogP contribution in [0.2, 0.25) is 0 Å². The Labute approximate surface area is 143 Å². The van der Waals surface area contributed by atoms with E-state index in [4.69, 9.17) is 5.11 Å². The lowest BCUT2D eigenvalue weighted by Gasteiger charge is -2.24. The Morgan fingerprint density at radius 2 is 1.52 bits per heavy atom. The molecule has 0 unspecified atom stereocenters. The van der Waals surface area contributed by atoms with Crippen molar-refractivity contribution in [3.05, 3.63) is 65.7 Å². The fourth-order valence-corrected chi connectivity index (χ4v) is 2.31. The summed E-state index contributed by atoms with van der Waals surface area (Å²) in [7, 11) is 0. The minimum Gasteiger partial charge on any atom is -0.478 e. The molecule has 25 heavy (non-hydrogen) atoms. The third-order valence-electron chi connectivity index (χ3n) is 3.34. The first-order chi connectivity index (χ1) is 12.0. The van der Waals surface area contributed by atoms with Crippen LogP contribution in [0, 0.1) is 0 Å². The van der Waals surface area contributed by atoms with E-state index in [1.165, 1.54) is 42.5 Å². The first kappa shape index (κ1) is 17.9. The van der Waals surface area contributed by atoms with Gasteiger partial charge in [-0.05, 0) is 23.8 Å². The highest BCUT2D eigenvalue weighted by Crippen LogP contribution is 2.32. The number of amides is 1. The van der Waals surface area contributed by atoms with E-state index in [2.05, 4.69) is 0 Å². The fraction of sp³-hybridized carbons (Fsp3) is 0.0556. The van der Waals surface area contributed by atoms with Gasteiger partial charge >= 0.3 is 17.8 Å². The van der Waals surface area contributed by atoms with Gasteiger partial charge in [0.15, 0.2) is 0 Å². The Kier molecular flexibility index (Phi) is 5.65. The maximum absolute atomic E-state index is 12.3. The Morgan fingerprint density at radius 3 is 2.12 bits per heavy atom. The van der Waals surface area contributed by atoms with Crippen molar-refractivity contribution in [2.75, 3.05) is 11.5 Å². The second kappa shape index (κ2) is 7.89. The molecule has 128 valence electrons. The smallest absolute Gasteiger partial charge is 0.395 e. The third kappa shape index (κ3) is 3.91. The van der Waals surface area contributed by atoms with Crippen molar-refractivity contribution in [1.82, 2.24) is 0 Å². The third-order valence-corrected chi connectivity index (χ3v) is 3.34. The molecule has 2 rings (SSSR count). The Bertz CT molecular complexity index is 843. The maximum Gasteiger partial charge on any atom is 0.395 e. The van der Waals surface area contributed by atoms with Crippen LogP contribution in [-0.4, -0.2) is 39.8 Å². The summed E-state index contributed by atoms with van der Waals surface area (Å²) in [5, 5.41) is 27.5. The first-order valence-corrected chi connectivity index (χ1v) is 7.23. The van der Waals surface area contributed by atoms with E-state index in [9.17, 15) is 24.6 Å². The number of nitrogens with zero attached hydrogens (tertiary/aromatic N) is 1. The zero-order valence-corrected chi connectivity index (χ0v) is 13.0. The Morgan fingerprint density at radius 1 is 0.920 bits per heavy atom. The van der Waals surface area contributed by atoms with E-state index in [1.807, 2.05) is 0 Å². The second-order valence-corrected chi connectivity index (χ2v) is 4.91. The van der Waals surface area contributed by atoms with Crippen molar-refractivity contribution < 1.29 is 29.7 Å². The molecule has 0 radical (unpaired) electrons. The van der Waals surface area contributed by atoms with Gasteiger partial charge in [-0.2, -0.15) is 0 Å². The van der Waals surface area contributed by atoms with E-state index >= 15 is 0 Å². The monoisotopic (exact) mass is 341 g/mol. The summed E-state index contributed by atoms with van der Waals surface area (Å²) < 4.78 is 0. The summed E-state index contributed by atoms with van der Waals surface area (Å²) >= 11 is 0. The number of aliphatic carboxylic acids is 1. The molecule has 0 fully saturated rings. The molecule has 0 heterocycles. The highest BCUT2D eigenvalue weighted by molar-refractivity contribution is 6.39. The van der Waals surface area contributed by atoms with Crippen LogP contribution in [0.5, 0.6) is 0 Å². The highest BCUT2D eigenvalue weighted by Gasteiger charge is 2.28. The lowest BCUT2D eigenvalue weighted by molar-refractivity contribution is -0.148. The number of hydrogen-bond acceptors (Lipinski definition) is 4. The number of aliphatic hydroxyl groups is 1. The number of para-hydroxylation sites is 2. The molecule has 0 bridgehead atoms. The van der Waals surface area contributed by atoms with Gasteiger partial charge in [-0.1, -0.05) is 42.5 Å². The molecule has 0 aliphatic rings. The van der Waals surface area contributed by atoms with Crippen molar-refractivity contribution >= 4 is 35.3 Å². The molecule has 0 atom stereocenters. The summed E-state index contributed by atoms with van der Waals surface area (Å²) in [5.74, 6) is -4.30. The molecule has 3 N–H and O–H groups in total. The van der Waals surface area contributed by atoms with Crippen LogP contribution in [0.4, 0.5) is 11.4 Å². The molecular weight excluding hydrogens is 326 g/mol. The van der Waals surface area contributed by atoms with E-state index < -0.39 is 17.8 Å². The highest BCUT2D eigenvalue weighted by atomic mass is 16.4. The number of carboxylic acids is 2. The predicted molar refractivity (Wildman–Crippen MR) is 90.7 cm³/mol. The van der Waals surface area contributed by atoms with Crippen molar-refractivity contribution in [3.8, 4) is 0 Å². The van der Waals surface area contributed by atoms with E-state index in [0.29, 0.717) is 5.56 Å². The lowest BCUT2D eigenvalue weighted by atomic mass is 10.1. The van der Waals surface area contributed by atoms with Crippen LogP contribution < -0.4 is 4.90 Å². The van der Waals surface area contributed by atoms with Crippen LogP contribution in [0.25, 0.3) is 6.08 Å². The molecule has 1 amide bonds. The van der Waals surface area contributed by atoms with Crippen molar-refractivity contribution in [3.63, 3.8) is 0 Å². The summed E-state index contributed by atoms with van der Waals surface area (Å²) in [6, 6.07) is 12.0. The first-order valence-electron chi connectivity index (χ1n) is 7.23. The van der Waals surface area contributed by atoms with Crippen molar-refractivity contribution in [2.24, 2.45) is 0 Å². The molecule has 0 aliphatic heterocycles.